The Morgan fingerprint density at radius 3 is 2.42 bits per heavy atom. The van der Waals surface area contributed by atoms with E-state index in [0.29, 0.717) is 5.13 Å². The van der Waals surface area contributed by atoms with Crippen molar-refractivity contribution in [3.05, 3.63) is 29.3 Å². The Morgan fingerprint density at radius 1 is 1.04 bits per heavy atom. The quantitative estimate of drug-likeness (QED) is 0.502. The Hall–Kier alpha value is -1.86. The number of benzene rings is 1. The first-order valence-corrected chi connectivity index (χ1v) is 9.22. The molecule has 2 rings (SSSR count). The first-order valence-electron chi connectivity index (χ1n) is 8.40. The molecule has 0 spiro atoms. The number of azo groups is 1. The molecule has 1 N–H and O–H groups in total. The minimum Gasteiger partial charge on any atom is -0.396 e. The van der Waals surface area contributed by atoms with Gasteiger partial charge in [0.25, 0.3) is 5.13 Å². The van der Waals surface area contributed by atoms with Gasteiger partial charge in [-0.15, -0.1) is 20.4 Å². The van der Waals surface area contributed by atoms with E-state index < -0.39 is 0 Å². The highest BCUT2D eigenvalue weighted by Gasteiger charge is 2.06. The maximum atomic E-state index is 8.97. The van der Waals surface area contributed by atoms with Crippen LogP contribution in [0.25, 0.3) is 0 Å². The van der Waals surface area contributed by atoms with Crippen LogP contribution in [0.1, 0.15) is 37.6 Å². The van der Waals surface area contributed by atoms with E-state index in [-0.39, 0.29) is 6.61 Å². The van der Waals surface area contributed by atoms with Gasteiger partial charge in [0, 0.05) is 25.4 Å². The molecule has 0 aliphatic carbocycles. The lowest BCUT2D eigenvalue weighted by Gasteiger charge is -2.24. The molecule has 0 atom stereocenters. The molecular formula is C17H25N5OS. The predicted octanol–water partition coefficient (Wildman–Crippen LogP) is 4.64. The predicted molar refractivity (Wildman–Crippen MR) is 98.7 cm³/mol. The van der Waals surface area contributed by atoms with Crippen molar-refractivity contribution in [1.82, 2.24) is 10.2 Å². The van der Waals surface area contributed by atoms with Crippen LogP contribution in [0.15, 0.2) is 34.5 Å². The molecule has 0 unspecified atom stereocenters. The Balaban J connectivity index is 2.00. The van der Waals surface area contributed by atoms with E-state index in [4.69, 9.17) is 5.11 Å². The standard InChI is InChI=1S/C17H25N5OS/c1-3-4-11-22(12-5-6-13-23)16-9-7-15(8-10-16)19-21-17-20-18-14(2)24-17/h7-10,23H,3-6,11-13H2,1-2H3. The van der Waals surface area contributed by atoms with E-state index in [1.807, 2.05) is 19.1 Å². The molecule has 1 aromatic heterocycles. The molecule has 0 saturated carbocycles. The third-order valence-electron chi connectivity index (χ3n) is 3.60. The number of hydrogen-bond acceptors (Lipinski definition) is 7. The number of aliphatic hydroxyl groups excluding tert-OH is 1. The summed E-state index contributed by atoms with van der Waals surface area (Å²) in [4.78, 5) is 2.37. The van der Waals surface area contributed by atoms with Gasteiger partial charge in [-0.1, -0.05) is 24.7 Å². The van der Waals surface area contributed by atoms with E-state index >= 15 is 0 Å². The molecule has 0 bridgehead atoms. The molecule has 0 aliphatic rings. The smallest absolute Gasteiger partial charge is 0.251 e. The maximum Gasteiger partial charge on any atom is 0.251 e. The number of aromatic nitrogens is 2. The van der Waals surface area contributed by atoms with Crippen molar-refractivity contribution in [3.8, 4) is 0 Å². The fourth-order valence-corrected chi connectivity index (χ4v) is 2.80. The van der Waals surface area contributed by atoms with Crippen LogP contribution >= 0.6 is 11.3 Å². The zero-order chi connectivity index (χ0) is 17.2. The number of rotatable bonds is 10. The third-order valence-corrected chi connectivity index (χ3v) is 4.32. The molecule has 6 nitrogen and oxygen atoms in total. The maximum absolute atomic E-state index is 8.97. The third kappa shape index (κ3) is 5.98. The summed E-state index contributed by atoms with van der Waals surface area (Å²) in [5, 5.41) is 26.6. The van der Waals surface area contributed by atoms with Crippen LogP contribution in [0, 0.1) is 6.92 Å². The molecule has 1 aromatic carbocycles. The van der Waals surface area contributed by atoms with Gasteiger partial charge in [0.15, 0.2) is 0 Å². The van der Waals surface area contributed by atoms with Gasteiger partial charge in [0.1, 0.15) is 5.01 Å². The first kappa shape index (κ1) is 18.5. The van der Waals surface area contributed by atoms with Crippen molar-refractivity contribution in [2.75, 3.05) is 24.6 Å². The van der Waals surface area contributed by atoms with Gasteiger partial charge < -0.3 is 10.0 Å². The lowest BCUT2D eigenvalue weighted by molar-refractivity contribution is 0.285. The van der Waals surface area contributed by atoms with Gasteiger partial charge in [0.05, 0.1) is 5.69 Å². The van der Waals surface area contributed by atoms with E-state index in [9.17, 15) is 0 Å². The number of hydrogen-bond donors (Lipinski definition) is 1. The number of aryl methyl sites for hydroxylation is 1. The number of nitrogens with zero attached hydrogens (tertiary/aromatic N) is 5. The topological polar surface area (TPSA) is 74.0 Å². The van der Waals surface area contributed by atoms with Gasteiger partial charge in [0.2, 0.25) is 0 Å². The highest BCUT2D eigenvalue weighted by Crippen LogP contribution is 2.24. The Labute approximate surface area is 147 Å². The van der Waals surface area contributed by atoms with Crippen LogP contribution in [-0.4, -0.2) is 35.0 Å². The van der Waals surface area contributed by atoms with Crippen LogP contribution in [0.3, 0.4) is 0 Å². The lowest BCUT2D eigenvalue weighted by atomic mass is 10.2. The van der Waals surface area contributed by atoms with Crippen LogP contribution in [0.4, 0.5) is 16.5 Å². The molecule has 0 fully saturated rings. The first-order chi connectivity index (χ1) is 11.7. The average molecular weight is 347 g/mol. The Bertz CT molecular complexity index is 626. The Morgan fingerprint density at radius 2 is 1.79 bits per heavy atom. The summed E-state index contributed by atoms with van der Waals surface area (Å²) in [6, 6.07) is 8.10. The number of aliphatic hydroxyl groups is 1. The van der Waals surface area contributed by atoms with Crippen molar-refractivity contribution >= 4 is 27.8 Å². The summed E-state index contributed by atoms with van der Waals surface area (Å²) in [7, 11) is 0. The van der Waals surface area contributed by atoms with Gasteiger partial charge in [-0.2, -0.15) is 0 Å². The minimum atomic E-state index is 0.256. The van der Waals surface area contributed by atoms with Crippen molar-refractivity contribution in [2.45, 2.75) is 39.5 Å². The van der Waals surface area contributed by atoms with Gasteiger partial charge in [-0.3, -0.25) is 0 Å². The largest absolute Gasteiger partial charge is 0.396 e. The molecule has 0 radical (unpaired) electrons. The van der Waals surface area contributed by atoms with E-state index in [1.165, 1.54) is 23.4 Å². The molecule has 0 saturated heterocycles. The van der Waals surface area contributed by atoms with Gasteiger partial charge in [-0.25, -0.2) is 0 Å². The Kier molecular flexibility index (Phi) is 7.77. The SMILES string of the molecule is CCCCN(CCCCO)c1ccc(N=Nc2nnc(C)s2)cc1. The van der Waals surface area contributed by atoms with Crippen LogP contribution < -0.4 is 4.90 Å². The summed E-state index contributed by atoms with van der Waals surface area (Å²) < 4.78 is 0. The normalized spacial score (nSPS) is 11.3. The number of unbranched alkanes of at least 4 members (excludes halogenated alkanes) is 2. The molecule has 0 amide bonds. The fourth-order valence-electron chi connectivity index (χ4n) is 2.29. The van der Waals surface area contributed by atoms with Crippen LogP contribution in [-0.2, 0) is 0 Å². The van der Waals surface area contributed by atoms with Crippen molar-refractivity contribution in [3.63, 3.8) is 0 Å². The zero-order valence-electron chi connectivity index (χ0n) is 14.4. The van der Waals surface area contributed by atoms with E-state index in [2.05, 4.69) is 44.4 Å². The monoisotopic (exact) mass is 347 g/mol. The zero-order valence-corrected chi connectivity index (χ0v) is 15.2. The second-order valence-electron chi connectivity index (χ2n) is 5.59. The van der Waals surface area contributed by atoms with Crippen molar-refractivity contribution < 1.29 is 5.11 Å². The average Bonchev–Trinajstić information content (AvgIpc) is 3.02. The molecule has 130 valence electrons. The second-order valence-corrected chi connectivity index (χ2v) is 6.75. The molecule has 2 aromatic rings. The van der Waals surface area contributed by atoms with E-state index in [0.717, 1.165) is 43.0 Å². The highest BCUT2D eigenvalue weighted by atomic mass is 32.1. The van der Waals surface area contributed by atoms with Gasteiger partial charge >= 0.3 is 0 Å². The fraction of sp³-hybridized carbons (Fsp3) is 0.529. The summed E-state index contributed by atoms with van der Waals surface area (Å²) >= 11 is 1.42. The van der Waals surface area contributed by atoms with Crippen LogP contribution in [0.5, 0.6) is 0 Å². The minimum absolute atomic E-state index is 0.256. The van der Waals surface area contributed by atoms with Crippen molar-refractivity contribution in [1.29, 1.82) is 0 Å². The summed E-state index contributed by atoms with van der Waals surface area (Å²) in [6.07, 6.45) is 4.18. The lowest BCUT2D eigenvalue weighted by Crippen LogP contribution is -2.25. The second kappa shape index (κ2) is 10.1. The van der Waals surface area contributed by atoms with E-state index in [1.54, 1.807) is 0 Å². The summed E-state index contributed by atoms with van der Waals surface area (Å²) in [5.74, 6) is 0. The highest BCUT2D eigenvalue weighted by molar-refractivity contribution is 7.14. The molecule has 0 aliphatic heterocycles. The molecule has 7 heteroatoms. The number of anilines is 1. The molecular weight excluding hydrogens is 322 g/mol. The van der Waals surface area contributed by atoms with Gasteiger partial charge in [-0.05, 0) is 50.5 Å². The summed E-state index contributed by atoms with van der Waals surface area (Å²) in [6.45, 7) is 6.35. The molecule has 1 heterocycles. The van der Waals surface area contributed by atoms with Crippen molar-refractivity contribution in [2.24, 2.45) is 10.2 Å². The van der Waals surface area contributed by atoms with Crippen LogP contribution in [0.2, 0.25) is 0 Å². The summed E-state index contributed by atoms with van der Waals surface area (Å²) in [5.41, 5.74) is 1.99. The molecule has 24 heavy (non-hydrogen) atoms.